The number of amidine groups is 1. The molecule has 0 unspecified atom stereocenters. The number of thioether (sulfide) groups is 1. The monoisotopic (exact) mass is 413 g/mol. The fourth-order valence-corrected chi connectivity index (χ4v) is 4.29. The van der Waals surface area contributed by atoms with E-state index in [9.17, 15) is 14.4 Å². The summed E-state index contributed by atoms with van der Waals surface area (Å²) in [6.45, 7) is 2.04. The van der Waals surface area contributed by atoms with Crippen LogP contribution in [0, 0.1) is 6.92 Å². The molecule has 0 bridgehead atoms. The average Bonchev–Trinajstić information content (AvgIpc) is 3.25. The molecule has 3 amide bonds. The van der Waals surface area contributed by atoms with E-state index in [4.69, 9.17) is 11.6 Å². The van der Waals surface area contributed by atoms with E-state index in [0.29, 0.717) is 39.3 Å². The lowest BCUT2D eigenvalue weighted by Gasteiger charge is -2.20. The van der Waals surface area contributed by atoms with Crippen LogP contribution in [-0.2, 0) is 4.79 Å². The minimum Gasteiger partial charge on any atom is -0.289 e. The highest BCUT2D eigenvalue weighted by Crippen LogP contribution is 2.29. The Morgan fingerprint density at radius 2 is 1.79 bits per heavy atom. The Morgan fingerprint density at radius 1 is 1.11 bits per heavy atom. The van der Waals surface area contributed by atoms with E-state index in [1.807, 2.05) is 13.0 Å². The molecule has 2 aromatic rings. The van der Waals surface area contributed by atoms with Crippen LogP contribution in [0.2, 0.25) is 5.02 Å². The lowest BCUT2D eigenvalue weighted by molar-refractivity contribution is -0.127. The number of hydrogen-bond acceptors (Lipinski definition) is 5. The molecule has 2 heterocycles. The van der Waals surface area contributed by atoms with Gasteiger partial charge in [0.25, 0.3) is 11.8 Å². The zero-order valence-corrected chi connectivity index (χ0v) is 16.6. The maximum atomic E-state index is 12.9. The zero-order valence-electron chi connectivity index (χ0n) is 15.0. The van der Waals surface area contributed by atoms with Crippen molar-refractivity contribution in [3.63, 3.8) is 0 Å². The Labute approximate surface area is 171 Å². The lowest BCUT2D eigenvalue weighted by atomic mass is 10.1. The predicted octanol–water partition coefficient (Wildman–Crippen LogP) is 3.51. The normalized spacial score (nSPS) is 17.6. The quantitative estimate of drug-likeness (QED) is 0.722. The molecular formula is C20H16ClN3O3S. The van der Waals surface area contributed by atoms with Gasteiger partial charge in [-0.1, -0.05) is 41.6 Å². The van der Waals surface area contributed by atoms with E-state index in [2.05, 4.69) is 4.99 Å². The molecule has 0 N–H and O–H groups in total. The summed E-state index contributed by atoms with van der Waals surface area (Å²) in [5.41, 5.74) is 2.19. The van der Waals surface area contributed by atoms with Crippen molar-refractivity contribution in [3.8, 4) is 0 Å². The van der Waals surface area contributed by atoms with Crippen LogP contribution in [0.5, 0.6) is 0 Å². The third kappa shape index (κ3) is 3.21. The van der Waals surface area contributed by atoms with Crippen LogP contribution >= 0.6 is 23.4 Å². The number of carbonyl (C=O) groups excluding carboxylic acids is 3. The van der Waals surface area contributed by atoms with Crippen LogP contribution in [-0.4, -0.2) is 51.5 Å². The van der Waals surface area contributed by atoms with E-state index in [1.54, 1.807) is 36.4 Å². The molecule has 2 aliphatic heterocycles. The fraction of sp³-hybridized carbons (Fsp3) is 0.200. The van der Waals surface area contributed by atoms with Crippen molar-refractivity contribution >= 4 is 51.9 Å². The van der Waals surface area contributed by atoms with Gasteiger partial charge in [0.05, 0.1) is 16.8 Å². The Balaban J connectivity index is 1.55. The molecule has 0 aromatic heterocycles. The molecule has 28 heavy (non-hydrogen) atoms. The van der Waals surface area contributed by atoms with E-state index >= 15 is 0 Å². The molecule has 2 aliphatic rings. The number of fused-ring (bicyclic) bond motifs is 1. The van der Waals surface area contributed by atoms with Crippen molar-refractivity contribution in [2.24, 2.45) is 4.99 Å². The number of nitrogens with zero attached hydrogens (tertiary/aromatic N) is 3. The second-order valence-electron chi connectivity index (χ2n) is 6.41. The van der Waals surface area contributed by atoms with Crippen LogP contribution in [0.4, 0.5) is 5.69 Å². The number of rotatable bonds is 3. The summed E-state index contributed by atoms with van der Waals surface area (Å²) in [6.07, 6.45) is 0. The topological polar surface area (TPSA) is 70.1 Å². The molecule has 0 aliphatic carbocycles. The van der Waals surface area contributed by atoms with E-state index in [1.165, 1.54) is 16.7 Å². The fourth-order valence-electron chi connectivity index (χ4n) is 3.15. The number of imide groups is 1. The van der Waals surface area contributed by atoms with Crippen LogP contribution in [0.3, 0.4) is 0 Å². The SMILES string of the molecule is Cc1c(Cl)cccc1N=C1SCCN1C(=O)CN1C(=O)c2ccccc2C1=O. The van der Waals surface area contributed by atoms with Gasteiger partial charge in [-0.15, -0.1) is 0 Å². The van der Waals surface area contributed by atoms with Crippen LogP contribution in [0.15, 0.2) is 47.5 Å². The molecule has 0 spiro atoms. The number of halogens is 1. The molecule has 0 radical (unpaired) electrons. The second kappa shape index (κ2) is 7.41. The summed E-state index contributed by atoms with van der Waals surface area (Å²) >= 11 is 7.61. The van der Waals surface area contributed by atoms with Crippen molar-refractivity contribution in [1.82, 2.24) is 9.80 Å². The molecule has 2 aromatic carbocycles. The number of amides is 3. The first kappa shape index (κ1) is 18.7. The van der Waals surface area contributed by atoms with Crippen molar-refractivity contribution in [2.45, 2.75) is 6.92 Å². The van der Waals surface area contributed by atoms with Gasteiger partial charge in [-0.3, -0.25) is 24.2 Å². The van der Waals surface area contributed by atoms with Gasteiger partial charge < -0.3 is 0 Å². The van der Waals surface area contributed by atoms with Crippen LogP contribution in [0.1, 0.15) is 26.3 Å². The Kier molecular flexibility index (Phi) is 4.95. The smallest absolute Gasteiger partial charge is 0.262 e. The van der Waals surface area contributed by atoms with Crippen molar-refractivity contribution in [1.29, 1.82) is 0 Å². The molecule has 142 valence electrons. The first-order chi connectivity index (χ1) is 13.5. The average molecular weight is 414 g/mol. The molecular weight excluding hydrogens is 398 g/mol. The first-order valence-electron chi connectivity index (χ1n) is 8.69. The third-order valence-electron chi connectivity index (χ3n) is 4.70. The summed E-state index contributed by atoms with van der Waals surface area (Å²) in [6, 6.07) is 12.0. The molecule has 4 rings (SSSR count). The number of aliphatic imine (C=N–C) groups is 1. The molecule has 0 saturated carbocycles. The van der Waals surface area contributed by atoms with Gasteiger partial charge in [-0.2, -0.15) is 0 Å². The predicted molar refractivity (Wildman–Crippen MR) is 109 cm³/mol. The molecule has 8 heteroatoms. The highest BCUT2D eigenvalue weighted by atomic mass is 35.5. The summed E-state index contributed by atoms with van der Waals surface area (Å²) in [4.78, 5) is 45.0. The van der Waals surface area contributed by atoms with Crippen molar-refractivity contribution < 1.29 is 14.4 Å². The van der Waals surface area contributed by atoms with Gasteiger partial charge in [0.2, 0.25) is 5.91 Å². The van der Waals surface area contributed by atoms with Crippen LogP contribution in [0.25, 0.3) is 0 Å². The zero-order chi connectivity index (χ0) is 19.8. The second-order valence-corrected chi connectivity index (χ2v) is 7.88. The van der Waals surface area contributed by atoms with E-state index < -0.39 is 11.8 Å². The largest absolute Gasteiger partial charge is 0.289 e. The summed E-state index contributed by atoms with van der Waals surface area (Å²) in [5, 5.41) is 1.15. The van der Waals surface area contributed by atoms with Crippen molar-refractivity contribution in [2.75, 3.05) is 18.8 Å². The Bertz CT molecular complexity index is 1000. The molecule has 1 saturated heterocycles. The van der Waals surface area contributed by atoms with Gasteiger partial charge in [0, 0.05) is 17.3 Å². The molecule has 0 atom stereocenters. The van der Waals surface area contributed by atoms with Gasteiger partial charge in [-0.25, -0.2) is 4.99 Å². The minimum atomic E-state index is -0.440. The molecule has 1 fully saturated rings. The van der Waals surface area contributed by atoms with Gasteiger partial charge in [0.15, 0.2) is 5.17 Å². The van der Waals surface area contributed by atoms with Crippen molar-refractivity contribution in [3.05, 3.63) is 64.2 Å². The maximum absolute atomic E-state index is 12.9. The minimum absolute atomic E-state index is 0.305. The van der Waals surface area contributed by atoms with Gasteiger partial charge in [-0.05, 0) is 36.8 Å². The standard InChI is InChI=1S/C20H16ClN3O3S/c1-12-15(21)7-4-8-16(12)22-20-23(9-10-28-20)17(25)11-24-18(26)13-5-2-3-6-14(13)19(24)27/h2-8H,9-11H2,1H3. The Morgan fingerprint density at radius 3 is 2.46 bits per heavy atom. The number of carbonyl (C=O) groups is 3. The number of benzene rings is 2. The number of hydrogen-bond donors (Lipinski definition) is 0. The first-order valence-corrected chi connectivity index (χ1v) is 10.1. The maximum Gasteiger partial charge on any atom is 0.262 e. The van der Waals surface area contributed by atoms with Gasteiger partial charge in [0.1, 0.15) is 6.54 Å². The van der Waals surface area contributed by atoms with Crippen LogP contribution < -0.4 is 0 Å². The Hall–Kier alpha value is -2.64. The highest BCUT2D eigenvalue weighted by Gasteiger charge is 2.38. The summed E-state index contributed by atoms with van der Waals surface area (Å²) in [7, 11) is 0. The lowest BCUT2D eigenvalue weighted by Crippen LogP contribution is -2.43. The third-order valence-corrected chi connectivity index (χ3v) is 6.07. The van der Waals surface area contributed by atoms with Gasteiger partial charge >= 0.3 is 0 Å². The highest BCUT2D eigenvalue weighted by molar-refractivity contribution is 8.14. The summed E-state index contributed by atoms with van der Waals surface area (Å²) in [5.74, 6) is -0.514. The van der Waals surface area contributed by atoms with E-state index in [0.717, 1.165) is 10.5 Å². The van der Waals surface area contributed by atoms with E-state index in [-0.39, 0.29) is 12.5 Å². The molecule has 6 nitrogen and oxygen atoms in total. The summed E-state index contributed by atoms with van der Waals surface area (Å²) < 4.78 is 0.